The standard InChI is InChI=1S/C19H26FNO3/c1-19(2,3)24-18(22)21-10-13-8-15(13)16-9-14(20)6-7-17(16)23-11-12-4-5-12/h6-7,9,12-13,15H,4-5,8,10-11H2,1-3H3,(H,21,22)/t13-,15+/m1/s1/i20-1. The van der Waals surface area contributed by atoms with E-state index >= 15 is 0 Å². The lowest BCUT2D eigenvalue weighted by molar-refractivity contribution is 0.0525. The number of hydrogen-bond acceptors (Lipinski definition) is 3. The second kappa shape index (κ2) is 6.61. The largest absolute Gasteiger partial charge is 0.493 e. The van der Waals surface area contributed by atoms with E-state index in [4.69, 9.17) is 9.47 Å². The van der Waals surface area contributed by atoms with Crippen molar-refractivity contribution in [3.8, 4) is 5.75 Å². The molecule has 1 amide bonds. The van der Waals surface area contributed by atoms with E-state index in [-0.39, 0.29) is 11.7 Å². The summed E-state index contributed by atoms with van der Waals surface area (Å²) in [6.07, 6.45) is 2.97. The van der Waals surface area contributed by atoms with Gasteiger partial charge in [-0.2, -0.15) is 0 Å². The molecule has 0 spiro atoms. The fourth-order valence-corrected chi connectivity index (χ4v) is 2.82. The third kappa shape index (κ3) is 4.86. The van der Waals surface area contributed by atoms with Crippen molar-refractivity contribution < 1.29 is 18.7 Å². The highest BCUT2D eigenvalue weighted by atomic mass is 18.2. The molecule has 0 bridgehead atoms. The molecule has 4 nitrogen and oxygen atoms in total. The molecule has 3 rings (SSSR count). The minimum atomic E-state index is -0.501. The highest BCUT2D eigenvalue weighted by Crippen LogP contribution is 2.50. The van der Waals surface area contributed by atoms with E-state index in [0.29, 0.717) is 25.0 Å². The van der Waals surface area contributed by atoms with E-state index in [2.05, 4.69) is 5.32 Å². The summed E-state index contributed by atoms with van der Waals surface area (Å²) < 4.78 is 24.7. The van der Waals surface area contributed by atoms with Crippen LogP contribution in [0.5, 0.6) is 5.75 Å². The van der Waals surface area contributed by atoms with Gasteiger partial charge in [0.05, 0.1) is 6.61 Å². The molecule has 0 heterocycles. The maximum absolute atomic E-state index is 13.6. The van der Waals surface area contributed by atoms with Gasteiger partial charge in [0.1, 0.15) is 17.2 Å². The molecule has 5 heteroatoms. The van der Waals surface area contributed by atoms with E-state index in [1.165, 1.54) is 18.9 Å². The van der Waals surface area contributed by atoms with Gasteiger partial charge in [-0.3, -0.25) is 0 Å². The normalized spacial score (nSPS) is 22.8. The summed E-state index contributed by atoms with van der Waals surface area (Å²) >= 11 is 0. The molecule has 2 fully saturated rings. The molecular formula is C19H26FNO3. The number of carbonyl (C=O) groups is 1. The summed E-state index contributed by atoms with van der Waals surface area (Å²) in [6.45, 7) is 6.76. The molecule has 0 aliphatic heterocycles. The van der Waals surface area contributed by atoms with Crippen LogP contribution in [0.4, 0.5) is 9.18 Å². The van der Waals surface area contributed by atoms with Crippen LogP contribution in [0.15, 0.2) is 18.2 Å². The van der Waals surface area contributed by atoms with Crippen molar-refractivity contribution in [3.63, 3.8) is 0 Å². The molecule has 1 aromatic rings. The third-order valence-electron chi connectivity index (χ3n) is 4.37. The van der Waals surface area contributed by atoms with E-state index < -0.39 is 11.7 Å². The van der Waals surface area contributed by atoms with Gasteiger partial charge in [-0.15, -0.1) is 0 Å². The first kappa shape index (κ1) is 17.1. The Labute approximate surface area is 142 Å². The maximum atomic E-state index is 13.6. The lowest BCUT2D eigenvalue weighted by Gasteiger charge is -2.19. The topological polar surface area (TPSA) is 47.6 Å². The van der Waals surface area contributed by atoms with Crippen molar-refractivity contribution in [2.45, 2.75) is 51.6 Å². The summed E-state index contributed by atoms with van der Waals surface area (Å²) in [7, 11) is 0. The van der Waals surface area contributed by atoms with E-state index in [1.807, 2.05) is 20.8 Å². The van der Waals surface area contributed by atoms with Crippen LogP contribution in [0, 0.1) is 17.7 Å². The predicted molar refractivity (Wildman–Crippen MR) is 89.7 cm³/mol. The number of carbonyl (C=O) groups excluding carboxylic acids is 1. The summed E-state index contributed by atoms with van der Waals surface area (Å²) in [5.41, 5.74) is 0.422. The molecule has 2 saturated carbocycles. The number of hydrogen-bond donors (Lipinski definition) is 1. The highest BCUT2D eigenvalue weighted by molar-refractivity contribution is 5.67. The van der Waals surface area contributed by atoms with Gasteiger partial charge < -0.3 is 14.8 Å². The molecule has 0 unspecified atom stereocenters. The molecular weight excluding hydrogens is 308 g/mol. The molecule has 1 aromatic carbocycles. The third-order valence-corrected chi connectivity index (χ3v) is 4.37. The SMILES string of the molecule is CC(C)(C)OC(=O)NC[C@H]1C[C@@H]1c1cc([18F])ccc1OCC1CC1. The Morgan fingerprint density at radius 2 is 2.08 bits per heavy atom. The minimum Gasteiger partial charge on any atom is -0.493 e. The van der Waals surface area contributed by atoms with Gasteiger partial charge in [-0.25, -0.2) is 9.18 Å². The molecule has 0 radical (unpaired) electrons. The van der Waals surface area contributed by atoms with Crippen LogP contribution in [0.3, 0.4) is 0 Å². The Hall–Kier alpha value is -1.78. The first-order valence-electron chi connectivity index (χ1n) is 8.71. The van der Waals surface area contributed by atoms with Crippen LogP contribution < -0.4 is 10.1 Å². The number of amides is 1. The summed E-state index contributed by atoms with van der Waals surface area (Å²) in [6, 6.07) is 4.74. The van der Waals surface area contributed by atoms with Crippen molar-refractivity contribution >= 4 is 6.09 Å². The van der Waals surface area contributed by atoms with Crippen molar-refractivity contribution in [2.24, 2.45) is 11.8 Å². The fourth-order valence-electron chi connectivity index (χ4n) is 2.82. The summed E-state index contributed by atoms with van der Waals surface area (Å²) in [4.78, 5) is 11.7. The zero-order chi connectivity index (χ0) is 17.3. The van der Waals surface area contributed by atoms with Crippen LogP contribution >= 0.6 is 0 Å². The van der Waals surface area contributed by atoms with Crippen molar-refractivity contribution in [2.75, 3.05) is 13.2 Å². The molecule has 0 saturated heterocycles. The van der Waals surface area contributed by atoms with Gasteiger partial charge in [0, 0.05) is 12.1 Å². The van der Waals surface area contributed by atoms with Crippen LogP contribution in [0.25, 0.3) is 0 Å². The Kier molecular flexibility index (Phi) is 4.70. The van der Waals surface area contributed by atoms with Crippen molar-refractivity contribution in [3.05, 3.63) is 29.6 Å². The Bertz CT molecular complexity index is 607. The molecule has 2 aliphatic carbocycles. The Balaban J connectivity index is 1.54. The number of nitrogens with one attached hydrogen (secondary N) is 1. The maximum Gasteiger partial charge on any atom is 0.407 e. The van der Waals surface area contributed by atoms with Gasteiger partial charge in [0.15, 0.2) is 0 Å². The van der Waals surface area contributed by atoms with E-state index in [0.717, 1.165) is 17.7 Å². The zero-order valence-electron chi connectivity index (χ0n) is 14.6. The predicted octanol–water partition coefficient (Wildman–Crippen LogP) is 4.24. The lowest BCUT2D eigenvalue weighted by atomic mass is 10.1. The smallest absolute Gasteiger partial charge is 0.407 e. The number of rotatable bonds is 6. The summed E-state index contributed by atoms with van der Waals surface area (Å²) in [5.74, 6) is 1.75. The van der Waals surface area contributed by atoms with Crippen LogP contribution in [0.1, 0.15) is 51.5 Å². The first-order chi connectivity index (χ1) is 11.3. The Morgan fingerprint density at radius 3 is 2.75 bits per heavy atom. The first-order valence-corrected chi connectivity index (χ1v) is 8.71. The van der Waals surface area contributed by atoms with E-state index in [9.17, 15) is 9.18 Å². The fraction of sp³-hybridized carbons (Fsp3) is 0.632. The van der Waals surface area contributed by atoms with Gasteiger partial charge in [-0.05, 0) is 76.0 Å². The average Bonchev–Trinajstić information content (AvgIpc) is 3.36. The number of alkyl carbamates (subject to hydrolysis) is 1. The second-order valence-electron chi connectivity index (χ2n) is 7.92. The van der Waals surface area contributed by atoms with Crippen molar-refractivity contribution in [1.29, 1.82) is 0 Å². The van der Waals surface area contributed by atoms with Crippen LogP contribution in [-0.2, 0) is 4.74 Å². The van der Waals surface area contributed by atoms with Gasteiger partial charge in [0.2, 0.25) is 0 Å². The number of halogens is 1. The number of ether oxygens (including phenoxy) is 2. The quantitative estimate of drug-likeness (QED) is 0.846. The molecule has 24 heavy (non-hydrogen) atoms. The van der Waals surface area contributed by atoms with Crippen molar-refractivity contribution in [1.82, 2.24) is 5.32 Å². The molecule has 1 N–H and O–H groups in total. The van der Waals surface area contributed by atoms with Gasteiger partial charge in [-0.1, -0.05) is 0 Å². The Morgan fingerprint density at radius 1 is 1.33 bits per heavy atom. The average molecular weight is 334 g/mol. The van der Waals surface area contributed by atoms with Crippen LogP contribution in [0.2, 0.25) is 0 Å². The number of benzene rings is 1. The zero-order valence-corrected chi connectivity index (χ0v) is 14.6. The second-order valence-corrected chi connectivity index (χ2v) is 7.92. The molecule has 132 valence electrons. The molecule has 0 aromatic heterocycles. The van der Waals surface area contributed by atoms with Gasteiger partial charge >= 0.3 is 6.09 Å². The monoisotopic (exact) mass is 334 g/mol. The van der Waals surface area contributed by atoms with Crippen LogP contribution in [-0.4, -0.2) is 24.8 Å². The highest BCUT2D eigenvalue weighted by Gasteiger charge is 2.40. The summed E-state index contributed by atoms with van der Waals surface area (Å²) in [5, 5.41) is 2.80. The minimum absolute atomic E-state index is 0.241. The molecule has 2 atom stereocenters. The molecule has 2 aliphatic rings. The van der Waals surface area contributed by atoms with Gasteiger partial charge in [0.25, 0.3) is 0 Å². The van der Waals surface area contributed by atoms with E-state index in [1.54, 1.807) is 12.1 Å². The lowest BCUT2D eigenvalue weighted by Crippen LogP contribution is -2.33.